The molecular formula is C20H19BrN2O3S. The van der Waals surface area contributed by atoms with Gasteiger partial charge in [0, 0.05) is 7.05 Å². The van der Waals surface area contributed by atoms with Crippen LogP contribution in [0.15, 0.2) is 52.6 Å². The highest BCUT2D eigenvalue weighted by molar-refractivity contribution is 9.10. The van der Waals surface area contributed by atoms with Crippen molar-refractivity contribution >= 4 is 45.2 Å². The summed E-state index contributed by atoms with van der Waals surface area (Å²) in [7, 11) is 1.64. The maximum atomic E-state index is 12.2. The molecule has 140 valence electrons. The zero-order valence-electron chi connectivity index (χ0n) is 15.0. The van der Waals surface area contributed by atoms with Crippen LogP contribution >= 0.6 is 28.1 Å². The van der Waals surface area contributed by atoms with Gasteiger partial charge in [-0.1, -0.05) is 30.3 Å². The van der Waals surface area contributed by atoms with Gasteiger partial charge in [-0.05, 0) is 64.4 Å². The molecule has 7 heteroatoms. The number of carbonyl (C=O) groups is 1. The molecule has 1 saturated heterocycles. The molecule has 1 N–H and O–H groups in total. The maximum Gasteiger partial charge on any atom is 0.276 e. The largest absolute Gasteiger partial charge is 0.490 e. The predicted octanol–water partition coefficient (Wildman–Crippen LogP) is 4.11. The number of hydrogen-bond donors (Lipinski definition) is 1. The number of amides is 1. The monoisotopic (exact) mass is 446 g/mol. The number of hydrogen-bond acceptors (Lipinski definition) is 4. The molecule has 0 radical (unpaired) electrons. The lowest BCUT2D eigenvalue weighted by molar-refractivity contribution is -0.121. The van der Waals surface area contributed by atoms with Gasteiger partial charge in [-0.15, -0.1) is 0 Å². The van der Waals surface area contributed by atoms with E-state index in [2.05, 4.69) is 21.2 Å². The molecule has 27 heavy (non-hydrogen) atoms. The zero-order valence-corrected chi connectivity index (χ0v) is 17.4. The molecule has 3 rings (SSSR count). The number of thiocarbonyl (C=S) groups is 1. The van der Waals surface area contributed by atoms with Crippen molar-refractivity contribution in [2.75, 3.05) is 13.7 Å². The van der Waals surface area contributed by atoms with Gasteiger partial charge in [-0.3, -0.25) is 9.69 Å². The Hall–Kier alpha value is -2.38. The minimum atomic E-state index is -0.168. The Morgan fingerprint density at radius 2 is 1.96 bits per heavy atom. The molecule has 0 aliphatic carbocycles. The fourth-order valence-electron chi connectivity index (χ4n) is 2.59. The van der Waals surface area contributed by atoms with Gasteiger partial charge in [0.2, 0.25) is 0 Å². The average molecular weight is 447 g/mol. The summed E-state index contributed by atoms with van der Waals surface area (Å²) in [6.07, 6.45) is 1.74. The van der Waals surface area contributed by atoms with Crippen LogP contribution in [-0.2, 0) is 11.4 Å². The lowest BCUT2D eigenvalue weighted by atomic mass is 10.1. The third kappa shape index (κ3) is 4.48. The Balaban J connectivity index is 1.88. The van der Waals surface area contributed by atoms with Crippen molar-refractivity contribution in [1.82, 2.24) is 10.2 Å². The lowest BCUT2D eigenvalue weighted by Crippen LogP contribution is -2.25. The molecule has 0 saturated carbocycles. The first-order valence-corrected chi connectivity index (χ1v) is 9.63. The van der Waals surface area contributed by atoms with Crippen molar-refractivity contribution < 1.29 is 14.3 Å². The Kier molecular flexibility index (Phi) is 6.13. The molecule has 1 heterocycles. The molecule has 0 bridgehead atoms. The van der Waals surface area contributed by atoms with Crippen LogP contribution in [-0.4, -0.2) is 29.6 Å². The number of rotatable bonds is 6. The first kappa shape index (κ1) is 19.4. The van der Waals surface area contributed by atoms with Crippen LogP contribution in [0.4, 0.5) is 0 Å². The third-order valence-corrected chi connectivity index (χ3v) is 4.91. The smallest absolute Gasteiger partial charge is 0.276 e. The normalized spacial score (nSPS) is 15.2. The Bertz CT molecular complexity index is 900. The summed E-state index contributed by atoms with van der Waals surface area (Å²) in [5.74, 6) is 1.07. The zero-order chi connectivity index (χ0) is 19.4. The van der Waals surface area contributed by atoms with Crippen LogP contribution in [0.1, 0.15) is 18.1 Å². The summed E-state index contributed by atoms with van der Waals surface area (Å²) in [6, 6.07) is 13.6. The molecule has 5 nitrogen and oxygen atoms in total. The minimum absolute atomic E-state index is 0.168. The van der Waals surface area contributed by atoms with E-state index in [0.29, 0.717) is 35.5 Å². The van der Waals surface area contributed by atoms with Crippen LogP contribution in [0.5, 0.6) is 11.5 Å². The van der Waals surface area contributed by atoms with Gasteiger partial charge in [-0.2, -0.15) is 0 Å². The van der Waals surface area contributed by atoms with Crippen molar-refractivity contribution in [2.45, 2.75) is 13.5 Å². The first-order valence-electron chi connectivity index (χ1n) is 8.43. The van der Waals surface area contributed by atoms with Crippen LogP contribution in [0.2, 0.25) is 0 Å². The second-order valence-corrected chi connectivity index (χ2v) is 7.13. The Morgan fingerprint density at radius 1 is 1.22 bits per heavy atom. The number of benzene rings is 2. The molecule has 2 aromatic rings. The van der Waals surface area contributed by atoms with Gasteiger partial charge >= 0.3 is 0 Å². The highest BCUT2D eigenvalue weighted by Crippen LogP contribution is 2.38. The van der Waals surface area contributed by atoms with E-state index in [0.717, 1.165) is 15.6 Å². The van der Waals surface area contributed by atoms with Crippen LogP contribution in [0.25, 0.3) is 6.08 Å². The number of likely N-dealkylation sites (N-methyl/N-ethyl adjacent to an activating group) is 1. The summed E-state index contributed by atoms with van der Waals surface area (Å²) >= 11 is 8.66. The molecule has 1 aliphatic heterocycles. The van der Waals surface area contributed by atoms with Gasteiger partial charge in [0.1, 0.15) is 12.3 Å². The standard InChI is InChI=1S/C20H19BrN2O3S/c1-3-25-17-11-14(10-16-19(24)23(2)20(27)22-16)9-15(21)18(17)26-12-13-7-5-4-6-8-13/h4-11H,3,12H2,1-2H3,(H,22,27)/b16-10-. The molecular weight excluding hydrogens is 428 g/mol. The molecule has 0 unspecified atom stereocenters. The number of ether oxygens (including phenoxy) is 2. The van der Waals surface area contributed by atoms with Crippen LogP contribution in [0.3, 0.4) is 0 Å². The molecule has 1 aliphatic rings. The topological polar surface area (TPSA) is 50.8 Å². The Labute approximate surface area is 172 Å². The van der Waals surface area contributed by atoms with E-state index in [1.165, 1.54) is 4.90 Å². The predicted molar refractivity (Wildman–Crippen MR) is 113 cm³/mol. The lowest BCUT2D eigenvalue weighted by Gasteiger charge is -2.15. The number of nitrogens with one attached hydrogen (secondary N) is 1. The van der Waals surface area contributed by atoms with E-state index in [9.17, 15) is 4.79 Å². The van der Waals surface area contributed by atoms with E-state index in [-0.39, 0.29) is 5.91 Å². The second kappa shape index (κ2) is 8.54. The minimum Gasteiger partial charge on any atom is -0.490 e. The van der Waals surface area contributed by atoms with E-state index in [4.69, 9.17) is 21.7 Å². The fourth-order valence-corrected chi connectivity index (χ4v) is 3.36. The van der Waals surface area contributed by atoms with Crippen molar-refractivity contribution in [3.05, 3.63) is 63.8 Å². The maximum absolute atomic E-state index is 12.2. The van der Waals surface area contributed by atoms with Gasteiger partial charge < -0.3 is 14.8 Å². The van der Waals surface area contributed by atoms with Gasteiger partial charge in [0.25, 0.3) is 5.91 Å². The van der Waals surface area contributed by atoms with E-state index >= 15 is 0 Å². The Morgan fingerprint density at radius 3 is 2.59 bits per heavy atom. The second-order valence-electron chi connectivity index (χ2n) is 5.89. The number of halogens is 1. The van der Waals surface area contributed by atoms with Crippen LogP contribution in [0, 0.1) is 0 Å². The molecule has 0 aromatic heterocycles. The fraction of sp³-hybridized carbons (Fsp3) is 0.200. The molecule has 1 fully saturated rings. The van der Waals surface area contributed by atoms with E-state index < -0.39 is 0 Å². The van der Waals surface area contributed by atoms with Gasteiger partial charge in [0.05, 0.1) is 11.1 Å². The summed E-state index contributed by atoms with van der Waals surface area (Å²) in [4.78, 5) is 13.6. The van der Waals surface area contributed by atoms with Crippen molar-refractivity contribution in [3.8, 4) is 11.5 Å². The average Bonchev–Trinajstić information content (AvgIpc) is 2.89. The first-order chi connectivity index (χ1) is 13.0. The molecule has 0 spiro atoms. The summed E-state index contributed by atoms with van der Waals surface area (Å²) in [5.41, 5.74) is 2.29. The molecule has 0 atom stereocenters. The summed E-state index contributed by atoms with van der Waals surface area (Å²) in [5, 5.41) is 3.30. The highest BCUT2D eigenvalue weighted by Gasteiger charge is 2.27. The van der Waals surface area contributed by atoms with Crippen LogP contribution < -0.4 is 14.8 Å². The molecule has 1 amide bonds. The summed E-state index contributed by atoms with van der Waals surface area (Å²) in [6.45, 7) is 2.84. The third-order valence-electron chi connectivity index (χ3n) is 3.95. The number of carbonyl (C=O) groups excluding carboxylic acids is 1. The van der Waals surface area contributed by atoms with Crippen molar-refractivity contribution in [2.24, 2.45) is 0 Å². The highest BCUT2D eigenvalue weighted by atomic mass is 79.9. The van der Waals surface area contributed by atoms with Gasteiger partial charge in [0.15, 0.2) is 16.6 Å². The van der Waals surface area contributed by atoms with E-state index in [1.54, 1.807) is 13.1 Å². The summed E-state index contributed by atoms with van der Waals surface area (Å²) < 4.78 is 12.5. The quantitative estimate of drug-likeness (QED) is 0.534. The van der Waals surface area contributed by atoms with Gasteiger partial charge in [-0.25, -0.2) is 0 Å². The number of nitrogens with zero attached hydrogens (tertiary/aromatic N) is 1. The SMILES string of the molecule is CCOc1cc(/C=C2\NC(=S)N(C)C2=O)cc(Br)c1OCc1ccccc1. The van der Waals surface area contributed by atoms with Crippen molar-refractivity contribution in [3.63, 3.8) is 0 Å². The molecule has 2 aromatic carbocycles. The van der Waals surface area contributed by atoms with Crippen molar-refractivity contribution in [1.29, 1.82) is 0 Å². The van der Waals surface area contributed by atoms with E-state index in [1.807, 2.05) is 49.4 Å².